The zero-order valence-corrected chi connectivity index (χ0v) is 12.6. The normalized spacial score (nSPS) is 10.0. The van der Waals surface area contributed by atoms with Gasteiger partial charge in [-0.25, -0.2) is 0 Å². The Balaban J connectivity index is 2.27. The molecule has 0 saturated heterocycles. The van der Waals surface area contributed by atoms with Crippen LogP contribution in [0.5, 0.6) is 0 Å². The number of rotatable bonds is 8. The van der Waals surface area contributed by atoms with E-state index in [0.29, 0.717) is 25.3 Å². The van der Waals surface area contributed by atoms with Gasteiger partial charge in [-0.1, -0.05) is 30.4 Å². The quantitative estimate of drug-likeness (QED) is 0.582. The third-order valence-electron chi connectivity index (χ3n) is 2.67. The molecule has 0 fully saturated rings. The van der Waals surface area contributed by atoms with E-state index in [1.807, 2.05) is 13.0 Å². The van der Waals surface area contributed by atoms with Gasteiger partial charge in [-0.2, -0.15) is 0 Å². The molecule has 1 N–H and O–H groups in total. The second-order valence-electron chi connectivity index (χ2n) is 4.89. The molecule has 0 aromatic heterocycles. The van der Waals surface area contributed by atoms with Gasteiger partial charge in [-0.3, -0.25) is 9.59 Å². The molecule has 5 nitrogen and oxygen atoms in total. The molecule has 0 radical (unpaired) electrons. The van der Waals surface area contributed by atoms with Gasteiger partial charge in [-0.15, -0.1) is 0 Å². The molecule has 0 spiro atoms. The smallest absolute Gasteiger partial charge is 0.254 e. The number of carbonyl (C=O) groups is 2. The van der Waals surface area contributed by atoms with Crippen molar-refractivity contribution in [3.63, 3.8) is 0 Å². The Bertz CT molecular complexity index is 486. The number of hydrogen-bond acceptors (Lipinski definition) is 3. The molecule has 114 valence electrons. The second kappa shape index (κ2) is 8.92. The molecule has 0 unspecified atom stereocenters. The van der Waals surface area contributed by atoms with Crippen LogP contribution < -0.4 is 5.32 Å². The molecule has 1 aromatic rings. The van der Waals surface area contributed by atoms with Crippen molar-refractivity contribution in [3.05, 3.63) is 48.0 Å². The van der Waals surface area contributed by atoms with Gasteiger partial charge in [0.2, 0.25) is 5.91 Å². The molecule has 21 heavy (non-hydrogen) atoms. The van der Waals surface area contributed by atoms with Gasteiger partial charge >= 0.3 is 0 Å². The van der Waals surface area contributed by atoms with Crippen molar-refractivity contribution >= 4 is 11.8 Å². The molecule has 0 heterocycles. The predicted octanol–water partition coefficient (Wildman–Crippen LogP) is 1.47. The highest BCUT2D eigenvalue weighted by atomic mass is 16.5. The lowest BCUT2D eigenvalue weighted by Gasteiger charge is -2.16. The summed E-state index contributed by atoms with van der Waals surface area (Å²) < 4.78 is 5.27. The van der Waals surface area contributed by atoms with Crippen LogP contribution in [-0.4, -0.2) is 50.1 Å². The van der Waals surface area contributed by atoms with Crippen molar-refractivity contribution < 1.29 is 14.3 Å². The van der Waals surface area contributed by atoms with Crippen molar-refractivity contribution in [3.8, 4) is 0 Å². The van der Waals surface area contributed by atoms with E-state index in [4.69, 9.17) is 4.74 Å². The zero-order chi connectivity index (χ0) is 15.7. The summed E-state index contributed by atoms with van der Waals surface area (Å²) in [5, 5.41) is 2.71. The van der Waals surface area contributed by atoms with E-state index in [9.17, 15) is 9.59 Å². The summed E-state index contributed by atoms with van der Waals surface area (Å²) in [4.78, 5) is 25.1. The number of ether oxygens (including phenoxy) is 1. The number of nitrogens with one attached hydrogen (secondary N) is 1. The number of likely N-dealkylation sites (N-methyl/N-ethyl adjacent to an activating group) is 1. The zero-order valence-electron chi connectivity index (χ0n) is 12.6. The largest absolute Gasteiger partial charge is 0.375 e. The maximum absolute atomic E-state index is 12.0. The summed E-state index contributed by atoms with van der Waals surface area (Å²) in [6.45, 7) is 6.95. The van der Waals surface area contributed by atoms with Crippen LogP contribution in [0.15, 0.2) is 42.5 Å². The van der Waals surface area contributed by atoms with Gasteiger partial charge in [0.15, 0.2) is 0 Å². The van der Waals surface area contributed by atoms with Gasteiger partial charge in [0, 0.05) is 19.2 Å². The molecule has 0 aliphatic heterocycles. The van der Waals surface area contributed by atoms with E-state index >= 15 is 0 Å². The predicted molar refractivity (Wildman–Crippen MR) is 82.0 cm³/mol. The van der Waals surface area contributed by atoms with E-state index in [1.54, 1.807) is 31.3 Å². The third-order valence-corrected chi connectivity index (χ3v) is 2.67. The number of hydrogen-bond donors (Lipinski definition) is 1. The van der Waals surface area contributed by atoms with E-state index < -0.39 is 0 Å². The molecule has 0 aliphatic carbocycles. The van der Waals surface area contributed by atoms with Gasteiger partial charge < -0.3 is 15.0 Å². The molecule has 0 aliphatic rings. The van der Waals surface area contributed by atoms with Crippen LogP contribution in [0.2, 0.25) is 0 Å². The van der Waals surface area contributed by atoms with E-state index in [2.05, 4.69) is 11.9 Å². The third kappa shape index (κ3) is 6.72. The summed E-state index contributed by atoms with van der Waals surface area (Å²) in [5.41, 5.74) is 1.51. The van der Waals surface area contributed by atoms with Crippen LogP contribution in [0.3, 0.4) is 0 Å². The molecule has 5 heteroatoms. The minimum atomic E-state index is -0.208. The van der Waals surface area contributed by atoms with E-state index in [-0.39, 0.29) is 18.4 Å². The lowest BCUT2D eigenvalue weighted by Crippen LogP contribution is -2.39. The number of benzene rings is 1. The van der Waals surface area contributed by atoms with Crippen LogP contribution >= 0.6 is 0 Å². The SMILES string of the molecule is C=C(C)COCCNC(=O)CN(C)C(=O)c1ccccc1. The van der Waals surface area contributed by atoms with Crippen LogP contribution in [0.25, 0.3) is 0 Å². The highest BCUT2D eigenvalue weighted by Gasteiger charge is 2.14. The first kappa shape index (κ1) is 16.9. The average molecular weight is 290 g/mol. The maximum Gasteiger partial charge on any atom is 0.254 e. The summed E-state index contributed by atoms with van der Waals surface area (Å²) >= 11 is 0. The molecule has 0 bridgehead atoms. The standard InChI is InChI=1S/C16H22N2O3/c1-13(2)12-21-10-9-17-15(19)11-18(3)16(20)14-7-5-4-6-8-14/h4-8H,1,9-12H2,2-3H3,(H,17,19). The summed E-state index contributed by atoms with van der Waals surface area (Å²) in [6.07, 6.45) is 0. The Kier molecular flexibility index (Phi) is 7.18. The van der Waals surface area contributed by atoms with Crippen LogP contribution in [-0.2, 0) is 9.53 Å². The second-order valence-corrected chi connectivity index (χ2v) is 4.89. The maximum atomic E-state index is 12.0. The Hall–Kier alpha value is -2.14. The van der Waals surface area contributed by atoms with Gasteiger partial charge in [0.1, 0.15) is 0 Å². The molecule has 2 amide bonds. The summed E-state index contributed by atoms with van der Waals surface area (Å²) in [5.74, 6) is -0.384. The van der Waals surface area contributed by atoms with Crippen LogP contribution in [0.1, 0.15) is 17.3 Å². The fraction of sp³-hybridized carbons (Fsp3) is 0.375. The molecular weight excluding hydrogens is 268 g/mol. The number of amides is 2. The molecule has 0 saturated carbocycles. The lowest BCUT2D eigenvalue weighted by atomic mass is 10.2. The van der Waals surface area contributed by atoms with Crippen LogP contribution in [0, 0.1) is 0 Å². The topological polar surface area (TPSA) is 58.6 Å². The Morgan fingerprint density at radius 3 is 2.57 bits per heavy atom. The van der Waals surface area contributed by atoms with Crippen molar-refractivity contribution in [2.24, 2.45) is 0 Å². The minimum Gasteiger partial charge on any atom is -0.375 e. The highest BCUT2D eigenvalue weighted by molar-refractivity contribution is 5.96. The molecule has 1 rings (SSSR count). The van der Waals surface area contributed by atoms with Crippen molar-refractivity contribution in [1.29, 1.82) is 0 Å². The number of carbonyl (C=O) groups excluding carboxylic acids is 2. The average Bonchev–Trinajstić information content (AvgIpc) is 2.46. The highest BCUT2D eigenvalue weighted by Crippen LogP contribution is 2.02. The van der Waals surface area contributed by atoms with E-state index in [1.165, 1.54) is 4.90 Å². The molecule has 0 atom stereocenters. The Labute approximate surface area is 125 Å². The van der Waals surface area contributed by atoms with Crippen LogP contribution in [0.4, 0.5) is 0 Å². The Morgan fingerprint density at radius 2 is 1.95 bits per heavy atom. The molecular formula is C16H22N2O3. The Morgan fingerprint density at radius 1 is 1.29 bits per heavy atom. The summed E-state index contributed by atoms with van der Waals surface area (Å²) in [6, 6.07) is 8.87. The first-order chi connectivity index (χ1) is 10.0. The van der Waals surface area contributed by atoms with Crippen molar-refractivity contribution in [2.75, 3.05) is 33.4 Å². The minimum absolute atomic E-state index is 0.0220. The fourth-order valence-corrected chi connectivity index (χ4v) is 1.65. The summed E-state index contributed by atoms with van der Waals surface area (Å²) in [7, 11) is 1.60. The first-order valence-electron chi connectivity index (χ1n) is 6.80. The van der Waals surface area contributed by atoms with Crippen molar-refractivity contribution in [1.82, 2.24) is 10.2 Å². The van der Waals surface area contributed by atoms with E-state index in [0.717, 1.165) is 5.57 Å². The molecule has 1 aromatic carbocycles. The number of nitrogens with zero attached hydrogens (tertiary/aromatic N) is 1. The van der Waals surface area contributed by atoms with Gasteiger partial charge in [0.25, 0.3) is 5.91 Å². The monoisotopic (exact) mass is 290 g/mol. The first-order valence-corrected chi connectivity index (χ1v) is 6.80. The fourth-order valence-electron chi connectivity index (χ4n) is 1.65. The van der Waals surface area contributed by atoms with Gasteiger partial charge in [-0.05, 0) is 19.1 Å². The lowest BCUT2D eigenvalue weighted by molar-refractivity contribution is -0.121. The van der Waals surface area contributed by atoms with Gasteiger partial charge in [0.05, 0.1) is 19.8 Å². The van der Waals surface area contributed by atoms with Crippen molar-refractivity contribution in [2.45, 2.75) is 6.92 Å².